The number of methoxy groups -OCH3 is 1. The van der Waals surface area contributed by atoms with E-state index >= 15 is 0 Å². The Kier molecular flexibility index (Phi) is 6.01. The number of carbonyl (C=O) groups excluding carboxylic acids is 1. The van der Waals surface area contributed by atoms with Crippen molar-refractivity contribution in [3.8, 4) is 5.75 Å². The van der Waals surface area contributed by atoms with Gasteiger partial charge in [-0.15, -0.1) is 0 Å². The zero-order valence-corrected chi connectivity index (χ0v) is 15.9. The maximum atomic E-state index is 12.8. The highest BCUT2D eigenvalue weighted by Crippen LogP contribution is 2.34. The van der Waals surface area contributed by atoms with Crippen LogP contribution < -0.4 is 4.74 Å². The van der Waals surface area contributed by atoms with Crippen LogP contribution in [-0.2, 0) is 11.2 Å². The van der Waals surface area contributed by atoms with E-state index in [4.69, 9.17) is 27.9 Å². The molecule has 1 aliphatic heterocycles. The van der Waals surface area contributed by atoms with E-state index < -0.39 is 6.10 Å². The standard InChI is InChI=1S/C19H20Cl2N2O3/c1-26-17-6-7-22-11-13(17)19(25)16-3-2-8-23(16)18(24)10-12-4-5-14(20)15(21)9-12/h4-7,9,11,16,19,25H,2-3,8,10H2,1H3/t16-,19?/m1/s1. The number of hydrogen-bond acceptors (Lipinski definition) is 4. The Morgan fingerprint density at radius 2 is 2.19 bits per heavy atom. The molecular formula is C19H20Cl2N2O3. The van der Waals surface area contributed by atoms with Crippen LogP contribution in [0.5, 0.6) is 5.75 Å². The van der Waals surface area contributed by atoms with Crippen molar-refractivity contribution in [2.75, 3.05) is 13.7 Å². The van der Waals surface area contributed by atoms with Gasteiger partial charge in [0.1, 0.15) is 11.9 Å². The second-order valence-corrected chi connectivity index (χ2v) is 7.10. The molecule has 1 fully saturated rings. The fourth-order valence-electron chi connectivity index (χ4n) is 3.37. The molecule has 1 aromatic carbocycles. The maximum absolute atomic E-state index is 12.8. The second kappa shape index (κ2) is 8.25. The quantitative estimate of drug-likeness (QED) is 0.840. The lowest BCUT2D eigenvalue weighted by atomic mass is 10.0. The number of carbonyl (C=O) groups is 1. The zero-order chi connectivity index (χ0) is 18.7. The lowest BCUT2D eigenvalue weighted by molar-refractivity contribution is -0.133. The number of pyridine rings is 1. The summed E-state index contributed by atoms with van der Waals surface area (Å²) in [5.74, 6) is 0.518. The van der Waals surface area contributed by atoms with Gasteiger partial charge in [0.2, 0.25) is 5.91 Å². The van der Waals surface area contributed by atoms with Gasteiger partial charge in [-0.25, -0.2) is 0 Å². The molecular weight excluding hydrogens is 375 g/mol. The Balaban J connectivity index is 1.76. The molecule has 5 nitrogen and oxygen atoms in total. The topological polar surface area (TPSA) is 62.7 Å². The van der Waals surface area contributed by atoms with Gasteiger partial charge in [0.15, 0.2) is 0 Å². The van der Waals surface area contributed by atoms with Crippen molar-refractivity contribution in [3.05, 3.63) is 57.8 Å². The van der Waals surface area contributed by atoms with Gasteiger partial charge in [0.05, 0.1) is 29.6 Å². The SMILES string of the molecule is COc1ccncc1C(O)[C@H]1CCCN1C(=O)Cc1ccc(Cl)c(Cl)c1. The first-order chi connectivity index (χ1) is 12.5. The number of hydrogen-bond donors (Lipinski definition) is 1. The Morgan fingerprint density at radius 3 is 2.92 bits per heavy atom. The summed E-state index contributed by atoms with van der Waals surface area (Å²) < 4.78 is 5.31. The third-order valence-corrected chi connectivity index (χ3v) is 5.41. The number of aliphatic hydroxyl groups excluding tert-OH is 1. The van der Waals surface area contributed by atoms with E-state index in [-0.39, 0.29) is 18.4 Å². The average molecular weight is 395 g/mol. The highest BCUT2D eigenvalue weighted by atomic mass is 35.5. The maximum Gasteiger partial charge on any atom is 0.227 e. The van der Waals surface area contributed by atoms with Crippen LogP contribution in [0.3, 0.4) is 0 Å². The van der Waals surface area contributed by atoms with Crippen molar-refractivity contribution >= 4 is 29.1 Å². The molecule has 0 spiro atoms. The molecule has 2 heterocycles. The minimum absolute atomic E-state index is 0.0483. The molecule has 7 heteroatoms. The van der Waals surface area contributed by atoms with Gasteiger partial charge >= 0.3 is 0 Å². The zero-order valence-electron chi connectivity index (χ0n) is 14.4. The van der Waals surface area contributed by atoms with Crippen LogP contribution in [0.15, 0.2) is 36.7 Å². The van der Waals surface area contributed by atoms with Gasteiger partial charge < -0.3 is 14.7 Å². The van der Waals surface area contributed by atoms with Crippen LogP contribution in [0.2, 0.25) is 10.0 Å². The average Bonchev–Trinajstić information content (AvgIpc) is 3.14. The van der Waals surface area contributed by atoms with Gasteiger partial charge in [-0.3, -0.25) is 9.78 Å². The summed E-state index contributed by atoms with van der Waals surface area (Å²) >= 11 is 12.0. The van der Waals surface area contributed by atoms with Crippen LogP contribution in [-0.4, -0.2) is 40.6 Å². The van der Waals surface area contributed by atoms with E-state index in [1.54, 1.807) is 48.7 Å². The molecule has 0 bridgehead atoms. The van der Waals surface area contributed by atoms with Crippen molar-refractivity contribution in [3.63, 3.8) is 0 Å². The van der Waals surface area contributed by atoms with Crippen LogP contribution >= 0.6 is 23.2 Å². The summed E-state index contributed by atoms with van der Waals surface area (Å²) in [6, 6.07) is 6.58. The molecule has 1 saturated heterocycles. The molecule has 3 rings (SSSR count). The Labute approximate surface area is 162 Å². The fourth-order valence-corrected chi connectivity index (χ4v) is 3.69. The molecule has 2 aromatic rings. The van der Waals surface area contributed by atoms with Crippen LogP contribution in [0, 0.1) is 0 Å². The van der Waals surface area contributed by atoms with Gasteiger partial charge in [0, 0.05) is 24.5 Å². The number of aliphatic hydroxyl groups is 1. The first-order valence-electron chi connectivity index (χ1n) is 8.40. The third-order valence-electron chi connectivity index (χ3n) is 4.67. The molecule has 2 atom stereocenters. The Bertz CT molecular complexity index is 800. The van der Waals surface area contributed by atoms with E-state index in [0.29, 0.717) is 27.9 Å². The molecule has 1 N–H and O–H groups in total. The van der Waals surface area contributed by atoms with Crippen molar-refractivity contribution in [2.45, 2.75) is 31.4 Å². The third kappa shape index (κ3) is 3.95. The second-order valence-electron chi connectivity index (χ2n) is 6.28. The van der Waals surface area contributed by atoms with Crippen LogP contribution in [0.25, 0.3) is 0 Å². The van der Waals surface area contributed by atoms with E-state index in [1.807, 2.05) is 0 Å². The molecule has 26 heavy (non-hydrogen) atoms. The smallest absolute Gasteiger partial charge is 0.227 e. The van der Waals surface area contributed by atoms with E-state index in [9.17, 15) is 9.90 Å². The fraction of sp³-hybridized carbons (Fsp3) is 0.368. The van der Waals surface area contributed by atoms with Crippen molar-refractivity contribution < 1.29 is 14.6 Å². The van der Waals surface area contributed by atoms with Crippen LogP contribution in [0.4, 0.5) is 0 Å². The minimum atomic E-state index is -0.848. The predicted octanol–water partition coefficient (Wildman–Crippen LogP) is 3.66. The van der Waals surface area contributed by atoms with Crippen molar-refractivity contribution in [1.29, 1.82) is 0 Å². The van der Waals surface area contributed by atoms with E-state index in [2.05, 4.69) is 4.98 Å². The van der Waals surface area contributed by atoms with Crippen molar-refractivity contribution in [2.24, 2.45) is 0 Å². The highest BCUT2D eigenvalue weighted by Gasteiger charge is 2.35. The van der Waals surface area contributed by atoms with E-state index in [0.717, 1.165) is 18.4 Å². The van der Waals surface area contributed by atoms with Gasteiger partial charge in [0.25, 0.3) is 0 Å². The number of halogens is 2. The first-order valence-corrected chi connectivity index (χ1v) is 9.16. The van der Waals surface area contributed by atoms with Crippen molar-refractivity contribution in [1.82, 2.24) is 9.88 Å². The number of benzene rings is 1. The number of aromatic nitrogens is 1. The molecule has 138 valence electrons. The first kappa shape index (κ1) is 19.0. The number of ether oxygens (including phenoxy) is 1. The largest absolute Gasteiger partial charge is 0.496 e. The Hall–Kier alpha value is -1.82. The number of likely N-dealkylation sites (tertiary alicyclic amines) is 1. The number of amides is 1. The summed E-state index contributed by atoms with van der Waals surface area (Å²) in [6.07, 6.45) is 4.13. The summed E-state index contributed by atoms with van der Waals surface area (Å²) in [4.78, 5) is 18.6. The van der Waals surface area contributed by atoms with E-state index in [1.165, 1.54) is 0 Å². The normalized spacial score (nSPS) is 18.0. The minimum Gasteiger partial charge on any atom is -0.496 e. The predicted molar refractivity (Wildman–Crippen MR) is 101 cm³/mol. The molecule has 0 saturated carbocycles. The molecule has 1 amide bonds. The molecule has 1 aliphatic rings. The molecule has 1 aromatic heterocycles. The lowest BCUT2D eigenvalue weighted by Gasteiger charge is -2.29. The van der Waals surface area contributed by atoms with Crippen LogP contribution in [0.1, 0.15) is 30.1 Å². The summed E-state index contributed by atoms with van der Waals surface area (Å²) in [6.45, 7) is 0.616. The molecule has 0 aliphatic carbocycles. The summed E-state index contributed by atoms with van der Waals surface area (Å²) in [5, 5.41) is 11.7. The van der Waals surface area contributed by atoms with Gasteiger partial charge in [-0.05, 0) is 36.6 Å². The summed E-state index contributed by atoms with van der Waals surface area (Å²) in [5.41, 5.74) is 1.39. The van der Waals surface area contributed by atoms with Gasteiger partial charge in [-0.2, -0.15) is 0 Å². The molecule has 0 radical (unpaired) electrons. The summed E-state index contributed by atoms with van der Waals surface area (Å²) in [7, 11) is 1.55. The molecule has 1 unspecified atom stereocenters. The number of nitrogens with zero attached hydrogens (tertiary/aromatic N) is 2. The highest BCUT2D eigenvalue weighted by molar-refractivity contribution is 6.42. The monoisotopic (exact) mass is 394 g/mol. The Morgan fingerprint density at radius 1 is 1.38 bits per heavy atom. The number of rotatable bonds is 5. The lowest BCUT2D eigenvalue weighted by Crippen LogP contribution is -2.40. The van der Waals surface area contributed by atoms with Gasteiger partial charge in [-0.1, -0.05) is 29.3 Å².